The average molecular weight is 318 g/mol. The number of carboxylic acids is 1. The Kier molecular flexibility index (Phi) is 5.09. The van der Waals surface area contributed by atoms with E-state index in [4.69, 9.17) is 9.84 Å². The number of carbonyl (C=O) groups is 1. The first-order chi connectivity index (χ1) is 10.4. The third-order valence-corrected chi connectivity index (χ3v) is 4.57. The lowest BCUT2D eigenvalue weighted by Crippen LogP contribution is -2.23. The van der Waals surface area contributed by atoms with Crippen molar-refractivity contribution in [1.29, 1.82) is 5.26 Å². The van der Waals surface area contributed by atoms with E-state index in [2.05, 4.69) is 11.1 Å². The predicted octanol–water partition coefficient (Wildman–Crippen LogP) is 2.93. The van der Waals surface area contributed by atoms with Crippen LogP contribution in [0, 0.1) is 17.2 Å². The molecule has 0 saturated heterocycles. The van der Waals surface area contributed by atoms with Gasteiger partial charge in [-0.3, -0.25) is 9.79 Å². The highest BCUT2D eigenvalue weighted by Gasteiger charge is 2.33. The van der Waals surface area contributed by atoms with E-state index in [0.29, 0.717) is 28.9 Å². The number of thioether (sulfide) groups is 1. The SMILES string of the molecule is CC(C)COc1ccc(C2=NC(C)C(C(=O)O)S2)cc1C#N. The quantitative estimate of drug-likeness (QED) is 0.902. The maximum Gasteiger partial charge on any atom is 0.319 e. The Labute approximate surface area is 134 Å². The van der Waals surface area contributed by atoms with Crippen LogP contribution in [0.25, 0.3) is 0 Å². The molecule has 0 aliphatic carbocycles. The van der Waals surface area contributed by atoms with Gasteiger partial charge in [-0.15, -0.1) is 0 Å². The highest BCUT2D eigenvalue weighted by molar-refractivity contribution is 8.15. The first-order valence-electron chi connectivity index (χ1n) is 7.07. The van der Waals surface area contributed by atoms with Crippen LogP contribution in [-0.4, -0.2) is 34.0 Å². The second kappa shape index (κ2) is 6.84. The van der Waals surface area contributed by atoms with Crippen molar-refractivity contribution in [2.45, 2.75) is 32.1 Å². The molecule has 1 heterocycles. The van der Waals surface area contributed by atoms with Gasteiger partial charge in [-0.25, -0.2) is 0 Å². The van der Waals surface area contributed by atoms with Crippen molar-refractivity contribution in [3.8, 4) is 11.8 Å². The van der Waals surface area contributed by atoms with Gasteiger partial charge in [0.05, 0.1) is 23.3 Å². The van der Waals surface area contributed by atoms with Crippen molar-refractivity contribution in [2.24, 2.45) is 10.9 Å². The molecule has 1 aliphatic heterocycles. The molecular weight excluding hydrogens is 300 g/mol. The number of hydrogen-bond acceptors (Lipinski definition) is 5. The van der Waals surface area contributed by atoms with Crippen LogP contribution in [0.2, 0.25) is 0 Å². The molecule has 2 rings (SSSR count). The second-order valence-corrected chi connectivity index (χ2v) is 6.71. The fourth-order valence-electron chi connectivity index (χ4n) is 2.03. The molecule has 5 nitrogen and oxygen atoms in total. The molecule has 1 aliphatic rings. The van der Waals surface area contributed by atoms with Gasteiger partial charge in [-0.2, -0.15) is 5.26 Å². The minimum atomic E-state index is -0.867. The number of aliphatic imine (C=N–C) groups is 1. The molecule has 116 valence electrons. The highest BCUT2D eigenvalue weighted by Crippen LogP contribution is 2.32. The van der Waals surface area contributed by atoms with Crippen molar-refractivity contribution in [3.63, 3.8) is 0 Å². The Hall–Kier alpha value is -2.00. The van der Waals surface area contributed by atoms with Gasteiger partial charge in [-0.05, 0) is 31.0 Å². The van der Waals surface area contributed by atoms with Gasteiger partial charge in [-0.1, -0.05) is 25.6 Å². The number of nitriles is 1. The van der Waals surface area contributed by atoms with E-state index in [9.17, 15) is 10.1 Å². The molecule has 0 spiro atoms. The summed E-state index contributed by atoms with van der Waals surface area (Å²) in [5.74, 6) is 0.0539. The van der Waals surface area contributed by atoms with Crippen molar-refractivity contribution >= 4 is 22.8 Å². The van der Waals surface area contributed by atoms with E-state index < -0.39 is 11.2 Å². The lowest BCUT2D eigenvalue weighted by Gasteiger charge is -2.11. The lowest BCUT2D eigenvalue weighted by atomic mass is 10.1. The minimum Gasteiger partial charge on any atom is -0.492 e. The van der Waals surface area contributed by atoms with Crippen LogP contribution in [-0.2, 0) is 4.79 Å². The zero-order valence-electron chi connectivity index (χ0n) is 12.7. The molecule has 2 unspecified atom stereocenters. The molecule has 0 fully saturated rings. The maximum atomic E-state index is 11.1. The van der Waals surface area contributed by atoms with E-state index in [0.717, 1.165) is 5.56 Å². The second-order valence-electron chi connectivity index (χ2n) is 5.58. The highest BCUT2D eigenvalue weighted by atomic mass is 32.2. The Morgan fingerprint density at radius 2 is 2.27 bits per heavy atom. The lowest BCUT2D eigenvalue weighted by molar-refractivity contribution is -0.136. The standard InChI is InChI=1S/C16H18N2O3S/c1-9(2)8-21-13-5-4-11(6-12(13)7-17)15-18-10(3)14(22-15)16(19)20/h4-6,9-10,14H,8H2,1-3H3,(H,19,20). The number of nitrogens with zero attached hydrogens (tertiary/aromatic N) is 2. The molecule has 0 amide bonds. The van der Waals surface area contributed by atoms with Crippen LogP contribution in [0.3, 0.4) is 0 Å². The topological polar surface area (TPSA) is 82.7 Å². The van der Waals surface area contributed by atoms with Crippen LogP contribution in [0.5, 0.6) is 5.75 Å². The number of benzene rings is 1. The Morgan fingerprint density at radius 3 is 2.82 bits per heavy atom. The molecule has 6 heteroatoms. The summed E-state index contributed by atoms with van der Waals surface area (Å²) < 4.78 is 5.62. The van der Waals surface area contributed by atoms with E-state index in [1.54, 1.807) is 19.1 Å². The normalized spacial score (nSPS) is 20.6. The number of ether oxygens (including phenoxy) is 1. The Balaban J connectivity index is 2.22. The van der Waals surface area contributed by atoms with E-state index in [1.165, 1.54) is 11.8 Å². The van der Waals surface area contributed by atoms with Crippen molar-refractivity contribution in [1.82, 2.24) is 0 Å². The van der Waals surface area contributed by atoms with E-state index in [-0.39, 0.29) is 6.04 Å². The zero-order valence-corrected chi connectivity index (χ0v) is 13.6. The van der Waals surface area contributed by atoms with Crippen LogP contribution < -0.4 is 4.74 Å². The number of rotatable bonds is 5. The van der Waals surface area contributed by atoms with Crippen LogP contribution in [0.4, 0.5) is 0 Å². The molecule has 0 aromatic heterocycles. The maximum absolute atomic E-state index is 11.1. The molecule has 0 radical (unpaired) electrons. The molecule has 0 saturated carbocycles. The fourth-order valence-corrected chi connectivity index (χ4v) is 3.12. The van der Waals surface area contributed by atoms with Gasteiger partial charge >= 0.3 is 5.97 Å². The van der Waals surface area contributed by atoms with Gasteiger partial charge in [0, 0.05) is 5.56 Å². The van der Waals surface area contributed by atoms with Crippen LogP contribution >= 0.6 is 11.8 Å². The predicted molar refractivity (Wildman–Crippen MR) is 86.5 cm³/mol. The summed E-state index contributed by atoms with van der Waals surface area (Å²) in [7, 11) is 0. The van der Waals surface area contributed by atoms with Crippen molar-refractivity contribution in [3.05, 3.63) is 29.3 Å². The summed E-state index contributed by atoms with van der Waals surface area (Å²) in [6.07, 6.45) is 0. The van der Waals surface area contributed by atoms with Crippen LogP contribution in [0.15, 0.2) is 23.2 Å². The smallest absolute Gasteiger partial charge is 0.319 e. The molecule has 1 aromatic carbocycles. The third kappa shape index (κ3) is 3.60. The minimum absolute atomic E-state index is 0.278. The summed E-state index contributed by atoms with van der Waals surface area (Å²) in [4.78, 5) is 15.5. The van der Waals surface area contributed by atoms with Crippen molar-refractivity contribution < 1.29 is 14.6 Å². The van der Waals surface area contributed by atoms with E-state index >= 15 is 0 Å². The molecular formula is C16H18N2O3S. The first kappa shape index (κ1) is 16.4. The summed E-state index contributed by atoms with van der Waals surface area (Å²) in [5, 5.41) is 18.5. The first-order valence-corrected chi connectivity index (χ1v) is 7.95. The van der Waals surface area contributed by atoms with Gasteiger partial charge in [0.2, 0.25) is 0 Å². The fraction of sp³-hybridized carbons (Fsp3) is 0.438. The molecule has 1 N–H and O–H groups in total. The largest absolute Gasteiger partial charge is 0.492 e. The van der Waals surface area contributed by atoms with Crippen molar-refractivity contribution in [2.75, 3.05) is 6.61 Å². The van der Waals surface area contributed by atoms with Gasteiger partial charge in [0.1, 0.15) is 17.1 Å². The third-order valence-electron chi connectivity index (χ3n) is 3.16. The molecule has 22 heavy (non-hydrogen) atoms. The van der Waals surface area contributed by atoms with E-state index in [1.807, 2.05) is 19.9 Å². The molecule has 0 bridgehead atoms. The zero-order chi connectivity index (χ0) is 16.3. The Morgan fingerprint density at radius 1 is 1.55 bits per heavy atom. The number of hydrogen-bond donors (Lipinski definition) is 1. The van der Waals surface area contributed by atoms with Crippen LogP contribution in [0.1, 0.15) is 31.9 Å². The molecule has 1 aromatic rings. The van der Waals surface area contributed by atoms with Gasteiger partial charge in [0.25, 0.3) is 0 Å². The monoisotopic (exact) mass is 318 g/mol. The average Bonchev–Trinajstić information content (AvgIpc) is 2.87. The molecule has 2 atom stereocenters. The van der Waals surface area contributed by atoms with Gasteiger partial charge in [0.15, 0.2) is 0 Å². The van der Waals surface area contributed by atoms with Gasteiger partial charge < -0.3 is 9.84 Å². The summed E-state index contributed by atoms with van der Waals surface area (Å²) in [5.41, 5.74) is 1.20. The summed E-state index contributed by atoms with van der Waals surface area (Å²) in [6.45, 7) is 6.40. The number of carboxylic acid groups (broad SMARTS) is 1. The number of aliphatic carboxylic acids is 1. The summed E-state index contributed by atoms with van der Waals surface area (Å²) in [6, 6.07) is 7.12. The Bertz CT molecular complexity index is 649. The summed E-state index contributed by atoms with van der Waals surface area (Å²) >= 11 is 1.22.